The zero-order chi connectivity index (χ0) is 20.0. The number of esters is 1. The number of benzene rings is 2. The van der Waals surface area contributed by atoms with Crippen LogP contribution in [0.3, 0.4) is 0 Å². The summed E-state index contributed by atoms with van der Waals surface area (Å²) < 4.78 is 44.6. The first-order valence-corrected chi connectivity index (χ1v) is 7.21. The Morgan fingerprint density at radius 1 is 1.04 bits per heavy atom. The normalized spacial score (nSPS) is 10.8. The van der Waals surface area contributed by atoms with Crippen LogP contribution in [0.4, 0.5) is 24.5 Å². The lowest BCUT2D eigenvalue weighted by Crippen LogP contribution is -2.21. The molecule has 27 heavy (non-hydrogen) atoms. The number of ether oxygens (including phenoxy) is 2. The van der Waals surface area contributed by atoms with Crippen molar-refractivity contribution in [2.24, 2.45) is 0 Å². The van der Waals surface area contributed by atoms with E-state index in [4.69, 9.17) is 4.74 Å². The predicted octanol–water partition coefficient (Wildman–Crippen LogP) is 3.29. The molecule has 0 aliphatic rings. The van der Waals surface area contributed by atoms with Gasteiger partial charge >= 0.3 is 12.3 Å². The van der Waals surface area contributed by atoms with Gasteiger partial charge in [-0.2, -0.15) is 0 Å². The summed E-state index contributed by atoms with van der Waals surface area (Å²) in [6.45, 7) is -0.656. The number of amides is 1. The lowest BCUT2D eigenvalue weighted by Gasteiger charge is -2.09. The number of anilines is 1. The third-order valence-corrected chi connectivity index (χ3v) is 3.02. The fourth-order valence-corrected chi connectivity index (χ4v) is 1.87. The highest BCUT2D eigenvalue weighted by Gasteiger charge is 2.31. The van der Waals surface area contributed by atoms with Gasteiger partial charge in [-0.3, -0.25) is 14.9 Å². The van der Waals surface area contributed by atoms with Gasteiger partial charge in [-0.05, 0) is 36.4 Å². The third-order valence-electron chi connectivity index (χ3n) is 3.02. The molecule has 1 N–H and O–H groups in total. The van der Waals surface area contributed by atoms with Crippen LogP contribution in [0.1, 0.15) is 10.4 Å². The highest BCUT2D eigenvalue weighted by atomic mass is 19.4. The van der Waals surface area contributed by atoms with Crippen LogP contribution in [0, 0.1) is 10.1 Å². The second-order valence-corrected chi connectivity index (χ2v) is 5.00. The molecule has 0 spiro atoms. The second-order valence-electron chi connectivity index (χ2n) is 5.00. The van der Waals surface area contributed by atoms with Gasteiger partial charge in [-0.15, -0.1) is 13.2 Å². The Bertz CT molecular complexity index is 835. The van der Waals surface area contributed by atoms with E-state index in [-0.39, 0.29) is 16.9 Å². The van der Waals surface area contributed by atoms with Crippen molar-refractivity contribution in [3.05, 3.63) is 64.2 Å². The van der Waals surface area contributed by atoms with E-state index in [1.807, 2.05) is 0 Å². The molecule has 0 radical (unpaired) electrons. The van der Waals surface area contributed by atoms with E-state index in [0.29, 0.717) is 0 Å². The van der Waals surface area contributed by atoms with Gasteiger partial charge in [0.05, 0.1) is 10.5 Å². The van der Waals surface area contributed by atoms with E-state index < -0.39 is 35.5 Å². The molecule has 1 amide bonds. The van der Waals surface area contributed by atoms with E-state index in [0.717, 1.165) is 24.3 Å². The van der Waals surface area contributed by atoms with E-state index in [9.17, 15) is 32.9 Å². The summed E-state index contributed by atoms with van der Waals surface area (Å²) in [7, 11) is 0. The van der Waals surface area contributed by atoms with Gasteiger partial charge in [0.2, 0.25) is 0 Å². The molecule has 0 saturated carbocycles. The molecule has 0 aliphatic heterocycles. The molecule has 0 saturated heterocycles. The Kier molecular flexibility index (Phi) is 5.96. The van der Waals surface area contributed by atoms with E-state index in [1.54, 1.807) is 0 Å². The highest BCUT2D eigenvalue weighted by Crippen LogP contribution is 2.23. The average Bonchev–Trinajstić information content (AvgIpc) is 2.59. The SMILES string of the molecule is O=C(COC(=O)c1ccc(OC(F)(F)F)cc1)Nc1ccc([N+](=O)[O-])cc1. The first kappa shape index (κ1) is 19.7. The molecule has 0 heterocycles. The molecule has 0 fully saturated rings. The topological polar surface area (TPSA) is 108 Å². The van der Waals surface area contributed by atoms with Gasteiger partial charge in [0.15, 0.2) is 6.61 Å². The number of hydrogen-bond donors (Lipinski definition) is 1. The Hall–Kier alpha value is -3.63. The molecule has 0 bridgehead atoms. The van der Waals surface area contributed by atoms with Crippen LogP contribution in [0.15, 0.2) is 48.5 Å². The average molecular weight is 384 g/mol. The van der Waals surface area contributed by atoms with Crippen LogP contribution >= 0.6 is 0 Å². The first-order valence-electron chi connectivity index (χ1n) is 7.21. The number of alkyl halides is 3. The van der Waals surface area contributed by atoms with Crippen LogP contribution in [0.2, 0.25) is 0 Å². The third kappa shape index (κ3) is 6.30. The molecule has 11 heteroatoms. The molecule has 8 nitrogen and oxygen atoms in total. The van der Waals surface area contributed by atoms with Crippen LogP contribution in [-0.2, 0) is 9.53 Å². The number of rotatable bonds is 6. The van der Waals surface area contributed by atoms with Crippen LogP contribution in [0.5, 0.6) is 5.75 Å². The maximum Gasteiger partial charge on any atom is 0.573 e. The number of carbonyl (C=O) groups excluding carboxylic acids is 2. The molecule has 0 unspecified atom stereocenters. The highest BCUT2D eigenvalue weighted by molar-refractivity contribution is 5.95. The number of non-ortho nitro benzene ring substituents is 1. The van der Waals surface area contributed by atoms with Crippen molar-refractivity contribution in [1.29, 1.82) is 0 Å². The number of carbonyl (C=O) groups is 2. The summed E-state index contributed by atoms with van der Waals surface area (Å²) in [6.07, 6.45) is -4.85. The zero-order valence-corrected chi connectivity index (χ0v) is 13.4. The number of nitro benzene ring substituents is 1. The van der Waals surface area contributed by atoms with Gasteiger partial charge in [0, 0.05) is 17.8 Å². The van der Waals surface area contributed by atoms with Crippen LogP contribution < -0.4 is 10.1 Å². The Labute approximate surface area is 149 Å². The fourth-order valence-electron chi connectivity index (χ4n) is 1.87. The van der Waals surface area contributed by atoms with Gasteiger partial charge in [0.1, 0.15) is 5.75 Å². The first-order chi connectivity index (χ1) is 12.6. The maximum atomic E-state index is 12.1. The molecule has 0 atom stereocenters. The van der Waals surface area contributed by atoms with E-state index >= 15 is 0 Å². The number of nitro groups is 1. The zero-order valence-electron chi connectivity index (χ0n) is 13.4. The summed E-state index contributed by atoms with van der Waals surface area (Å²) in [6, 6.07) is 8.95. The molecule has 2 aromatic rings. The van der Waals surface area contributed by atoms with Crippen molar-refractivity contribution < 1.29 is 37.2 Å². The summed E-state index contributed by atoms with van der Waals surface area (Å²) in [5.41, 5.74) is 0.0281. The van der Waals surface area contributed by atoms with Crippen molar-refractivity contribution in [2.75, 3.05) is 11.9 Å². The molecule has 2 rings (SSSR count). The molecular formula is C16H11F3N2O6. The quantitative estimate of drug-likeness (QED) is 0.465. The smallest absolute Gasteiger partial charge is 0.452 e. The fraction of sp³-hybridized carbons (Fsp3) is 0.125. The number of nitrogens with one attached hydrogen (secondary N) is 1. The number of hydrogen-bond acceptors (Lipinski definition) is 6. The molecule has 2 aromatic carbocycles. The largest absolute Gasteiger partial charge is 0.573 e. The van der Waals surface area contributed by atoms with Gasteiger partial charge in [-0.1, -0.05) is 0 Å². The van der Waals surface area contributed by atoms with Crippen molar-refractivity contribution >= 4 is 23.3 Å². The van der Waals surface area contributed by atoms with E-state index in [1.165, 1.54) is 24.3 Å². The second kappa shape index (κ2) is 8.17. The summed E-state index contributed by atoms with van der Waals surface area (Å²) >= 11 is 0. The lowest BCUT2D eigenvalue weighted by molar-refractivity contribution is -0.384. The molecular weight excluding hydrogens is 373 g/mol. The minimum atomic E-state index is -4.85. The van der Waals surface area contributed by atoms with Gasteiger partial charge in [0.25, 0.3) is 11.6 Å². The Morgan fingerprint density at radius 2 is 1.63 bits per heavy atom. The number of nitrogens with zero attached hydrogens (tertiary/aromatic N) is 1. The van der Waals surface area contributed by atoms with Crippen molar-refractivity contribution in [3.8, 4) is 5.75 Å². The van der Waals surface area contributed by atoms with Gasteiger partial charge in [-0.25, -0.2) is 4.79 Å². The monoisotopic (exact) mass is 384 g/mol. The minimum absolute atomic E-state index is 0.0762. The number of halogens is 3. The summed E-state index contributed by atoms with van der Waals surface area (Å²) in [4.78, 5) is 33.4. The van der Waals surface area contributed by atoms with Crippen molar-refractivity contribution in [2.45, 2.75) is 6.36 Å². The lowest BCUT2D eigenvalue weighted by atomic mass is 10.2. The summed E-state index contributed by atoms with van der Waals surface area (Å²) in [5, 5.41) is 12.9. The molecule has 142 valence electrons. The van der Waals surface area contributed by atoms with Crippen molar-refractivity contribution in [1.82, 2.24) is 0 Å². The Balaban J connectivity index is 1.85. The predicted molar refractivity (Wildman–Crippen MR) is 85.1 cm³/mol. The van der Waals surface area contributed by atoms with E-state index in [2.05, 4.69) is 10.1 Å². The minimum Gasteiger partial charge on any atom is -0.452 e. The van der Waals surface area contributed by atoms with Crippen LogP contribution in [0.25, 0.3) is 0 Å². The molecule has 0 aromatic heterocycles. The standard InChI is InChI=1S/C16H11F3N2O6/c17-16(18,19)27-13-7-1-10(2-8-13)15(23)26-9-14(22)20-11-3-5-12(6-4-11)21(24)25/h1-8H,9H2,(H,20,22). The van der Waals surface area contributed by atoms with Crippen molar-refractivity contribution in [3.63, 3.8) is 0 Å². The summed E-state index contributed by atoms with van der Waals surface area (Å²) in [5.74, 6) is -2.13. The van der Waals surface area contributed by atoms with Gasteiger partial charge < -0.3 is 14.8 Å². The maximum absolute atomic E-state index is 12.1. The molecule has 0 aliphatic carbocycles. The van der Waals surface area contributed by atoms with Crippen LogP contribution in [-0.4, -0.2) is 29.8 Å². The Morgan fingerprint density at radius 3 is 2.15 bits per heavy atom.